The molecule has 3 N–H and O–H groups in total. The van der Waals surface area contributed by atoms with E-state index in [9.17, 15) is 14.7 Å². The van der Waals surface area contributed by atoms with Crippen LogP contribution in [0.1, 0.15) is 32.9 Å². The largest absolute Gasteiger partial charge is 0.480 e. The van der Waals surface area contributed by atoms with Gasteiger partial charge in [0.15, 0.2) is 0 Å². The number of carbonyl (C=O) groups excluding carboxylic acids is 1. The van der Waals surface area contributed by atoms with Crippen LogP contribution in [0.25, 0.3) is 10.9 Å². The van der Waals surface area contributed by atoms with Crippen molar-refractivity contribution in [1.82, 2.24) is 15.5 Å². The lowest BCUT2D eigenvalue weighted by Gasteiger charge is -2.21. The Balaban J connectivity index is 1.94. The maximum Gasteiger partial charge on any atom is 0.326 e. The third-order valence-corrected chi connectivity index (χ3v) is 3.45. The van der Waals surface area contributed by atoms with Gasteiger partial charge in [-0.2, -0.15) is 5.10 Å². The number of carboxylic acid groups (broad SMARTS) is 1. The van der Waals surface area contributed by atoms with E-state index in [1.54, 1.807) is 0 Å². The molecule has 2 aromatic rings. The number of ether oxygens (including phenoxy) is 1. The Morgan fingerprint density at radius 1 is 1.33 bits per heavy atom. The van der Waals surface area contributed by atoms with Crippen molar-refractivity contribution in [3.05, 3.63) is 30.0 Å². The predicted octanol–water partition coefficient (Wildman–Crippen LogP) is 1.88. The van der Waals surface area contributed by atoms with Crippen LogP contribution >= 0.6 is 0 Å². The summed E-state index contributed by atoms with van der Waals surface area (Å²) in [6, 6.07) is 6.46. The molecule has 0 saturated heterocycles. The van der Waals surface area contributed by atoms with Crippen LogP contribution in [0.3, 0.4) is 0 Å². The Hall–Kier alpha value is -2.41. The van der Waals surface area contributed by atoms with Crippen LogP contribution in [0.15, 0.2) is 24.3 Å². The molecular weight excluding hydrogens is 310 g/mol. The monoisotopic (exact) mass is 333 g/mol. The molecule has 7 heteroatoms. The van der Waals surface area contributed by atoms with Gasteiger partial charge < -0.3 is 15.2 Å². The molecule has 24 heavy (non-hydrogen) atoms. The van der Waals surface area contributed by atoms with Crippen LogP contribution in [-0.4, -0.2) is 45.4 Å². The minimum absolute atomic E-state index is 0.0461. The average Bonchev–Trinajstić information content (AvgIpc) is 2.88. The molecule has 0 saturated carbocycles. The van der Waals surface area contributed by atoms with Crippen molar-refractivity contribution < 1.29 is 19.4 Å². The lowest BCUT2D eigenvalue weighted by Crippen LogP contribution is -2.42. The number of aliphatic carboxylic acids is 1. The molecule has 0 bridgehead atoms. The van der Waals surface area contributed by atoms with E-state index in [1.807, 2.05) is 45.0 Å². The first-order valence-electron chi connectivity index (χ1n) is 7.84. The number of H-pyrrole nitrogens is 1. The van der Waals surface area contributed by atoms with Gasteiger partial charge in [-0.1, -0.05) is 18.2 Å². The first-order valence-corrected chi connectivity index (χ1v) is 7.84. The molecule has 1 heterocycles. The lowest BCUT2D eigenvalue weighted by molar-refractivity contribution is -0.142. The number of nitrogens with zero attached hydrogens (tertiary/aromatic N) is 1. The summed E-state index contributed by atoms with van der Waals surface area (Å²) in [5.74, 6) is -1.44. The van der Waals surface area contributed by atoms with Crippen molar-refractivity contribution in [2.75, 3.05) is 6.61 Å². The Labute approximate surface area is 140 Å². The number of carbonyl (C=O) groups is 2. The molecule has 7 nitrogen and oxygen atoms in total. The van der Waals surface area contributed by atoms with Crippen molar-refractivity contribution in [3.63, 3.8) is 0 Å². The average molecular weight is 333 g/mol. The molecule has 2 rings (SSSR count). The molecule has 0 aliphatic carbocycles. The van der Waals surface area contributed by atoms with Crippen LogP contribution in [0.5, 0.6) is 0 Å². The molecule has 1 amide bonds. The summed E-state index contributed by atoms with van der Waals surface area (Å²) in [5, 5.41) is 19.6. The summed E-state index contributed by atoms with van der Waals surface area (Å²) in [7, 11) is 0. The number of fused-ring (bicyclic) bond motifs is 1. The van der Waals surface area contributed by atoms with Gasteiger partial charge in [-0.15, -0.1) is 0 Å². The van der Waals surface area contributed by atoms with Crippen LogP contribution in [-0.2, 0) is 20.7 Å². The number of amides is 1. The van der Waals surface area contributed by atoms with Crippen LogP contribution in [0.4, 0.5) is 0 Å². The van der Waals surface area contributed by atoms with Gasteiger partial charge in [-0.25, -0.2) is 4.79 Å². The molecule has 130 valence electrons. The molecule has 0 radical (unpaired) electrons. The molecule has 1 atom stereocenters. The number of hydrogen-bond acceptors (Lipinski definition) is 4. The molecule has 0 aliphatic rings. The van der Waals surface area contributed by atoms with Crippen molar-refractivity contribution in [2.24, 2.45) is 0 Å². The first kappa shape index (κ1) is 17.9. The minimum atomic E-state index is -1.07. The standard InChI is InChI=1S/C17H23N3O4/c1-17(2,3)24-9-8-13(16(22)23)18-15(21)10-14-11-6-4-5-7-12(11)19-20-14/h4-7,13H,8-10H2,1-3H3,(H,18,21)(H,19,20)(H,22,23). The molecular formula is C17H23N3O4. The number of carboxylic acids is 1. The second-order valence-corrected chi connectivity index (χ2v) is 6.60. The van der Waals surface area contributed by atoms with Gasteiger partial charge in [0.1, 0.15) is 6.04 Å². The first-order chi connectivity index (χ1) is 11.3. The molecule has 0 fully saturated rings. The molecule has 1 aromatic heterocycles. The van der Waals surface area contributed by atoms with Crippen LogP contribution in [0.2, 0.25) is 0 Å². The summed E-state index contributed by atoms with van der Waals surface area (Å²) in [6.45, 7) is 5.94. The van der Waals surface area contributed by atoms with Gasteiger partial charge in [-0.3, -0.25) is 9.89 Å². The highest BCUT2D eigenvalue weighted by atomic mass is 16.5. The van der Waals surface area contributed by atoms with E-state index in [4.69, 9.17) is 4.74 Å². The number of aromatic nitrogens is 2. The number of hydrogen-bond donors (Lipinski definition) is 3. The van der Waals surface area contributed by atoms with E-state index in [2.05, 4.69) is 15.5 Å². The fourth-order valence-electron chi connectivity index (χ4n) is 2.30. The van der Waals surface area contributed by atoms with Crippen molar-refractivity contribution in [2.45, 2.75) is 45.3 Å². The number of nitrogens with one attached hydrogen (secondary N) is 2. The topological polar surface area (TPSA) is 104 Å². The van der Waals surface area contributed by atoms with E-state index < -0.39 is 12.0 Å². The van der Waals surface area contributed by atoms with Crippen LogP contribution in [0, 0.1) is 0 Å². The van der Waals surface area contributed by atoms with Gasteiger partial charge in [0.05, 0.1) is 23.2 Å². The Kier molecular flexibility index (Phi) is 5.56. The lowest BCUT2D eigenvalue weighted by atomic mass is 10.1. The third kappa shape index (κ3) is 5.06. The molecule has 1 aromatic carbocycles. The fourth-order valence-corrected chi connectivity index (χ4v) is 2.30. The van der Waals surface area contributed by atoms with Gasteiger partial charge in [0, 0.05) is 18.4 Å². The van der Waals surface area contributed by atoms with Gasteiger partial charge in [0.25, 0.3) is 0 Å². The van der Waals surface area contributed by atoms with Crippen molar-refractivity contribution in [3.8, 4) is 0 Å². The summed E-state index contributed by atoms with van der Waals surface area (Å²) in [6.07, 6.45) is 0.256. The van der Waals surface area contributed by atoms with E-state index in [0.29, 0.717) is 5.69 Å². The maximum absolute atomic E-state index is 12.2. The zero-order valence-electron chi connectivity index (χ0n) is 14.1. The number of para-hydroxylation sites is 1. The third-order valence-electron chi connectivity index (χ3n) is 3.45. The number of benzene rings is 1. The van der Waals surface area contributed by atoms with Gasteiger partial charge in [0.2, 0.25) is 5.91 Å². The minimum Gasteiger partial charge on any atom is -0.480 e. The van der Waals surface area contributed by atoms with Gasteiger partial charge >= 0.3 is 5.97 Å². The van der Waals surface area contributed by atoms with E-state index >= 15 is 0 Å². The van der Waals surface area contributed by atoms with E-state index in [0.717, 1.165) is 10.9 Å². The zero-order valence-corrected chi connectivity index (χ0v) is 14.1. The summed E-state index contributed by atoms with van der Waals surface area (Å²) < 4.78 is 5.52. The van der Waals surface area contributed by atoms with Crippen LogP contribution < -0.4 is 5.32 Å². The number of aromatic amines is 1. The molecule has 0 spiro atoms. The molecule has 0 aliphatic heterocycles. The Morgan fingerprint density at radius 3 is 2.71 bits per heavy atom. The summed E-state index contributed by atoms with van der Waals surface area (Å²) in [4.78, 5) is 23.5. The predicted molar refractivity (Wildman–Crippen MR) is 89.7 cm³/mol. The summed E-state index contributed by atoms with van der Waals surface area (Å²) in [5.41, 5.74) is 1.09. The Bertz CT molecular complexity index is 718. The summed E-state index contributed by atoms with van der Waals surface area (Å²) >= 11 is 0. The highest BCUT2D eigenvalue weighted by molar-refractivity contribution is 5.89. The molecule has 1 unspecified atom stereocenters. The van der Waals surface area contributed by atoms with Crippen molar-refractivity contribution in [1.29, 1.82) is 0 Å². The number of rotatable bonds is 7. The fraction of sp³-hybridized carbons (Fsp3) is 0.471. The zero-order chi connectivity index (χ0) is 17.7. The van der Waals surface area contributed by atoms with E-state index in [1.165, 1.54) is 0 Å². The maximum atomic E-state index is 12.2. The Morgan fingerprint density at radius 2 is 2.04 bits per heavy atom. The smallest absolute Gasteiger partial charge is 0.326 e. The second-order valence-electron chi connectivity index (χ2n) is 6.60. The van der Waals surface area contributed by atoms with E-state index in [-0.39, 0.29) is 31.0 Å². The second kappa shape index (κ2) is 7.44. The highest BCUT2D eigenvalue weighted by Crippen LogP contribution is 2.15. The quantitative estimate of drug-likeness (QED) is 0.717. The normalized spacial score (nSPS) is 13.0. The highest BCUT2D eigenvalue weighted by Gasteiger charge is 2.22. The SMILES string of the molecule is CC(C)(C)OCCC(NC(=O)Cc1[nH]nc2ccccc12)C(=O)O. The van der Waals surface area contributed by atoms with Crippen molar-refractivity contribution >= 4 is 22.8 Å². The van der Waals surface area contributed by atoms with Gasteiger partial charge in [-0.05, 0) is 26.8 Å².